The molecule has 1 heteroatoms. The van der Waals surface area contributed by atoms with Crippen LogP contribution in [0.5, 0.6) is 0 Å². The summed E-state index contributed by atoms with van der Waals surface area (Å²) in [6, 6.07) is 6.74. The first kappa shape index (κ1) is 11.0. The molecule has 0 heterocycles. The summed E-state index contributed by atoms with van der Waals surface area (Å²) in [6.45, 7) is 4.30. The van der Waals surface area contributed by atoms with Crippen molar-refractivity contribution in [3.63, 3.8) is 0 Å². The highest BCUT2D eigenvalue weighted by molar-refractivity contribution is 5.17. The summed E-state index contributed by atoms with van der Waals surface area (Å²) in [5, 5.41) is 0. The molecule has 1 aromatic rings. The van der Waals surface area contributed by atoms with E-state index in [-0.39, 0.29) is 5.82 Å². The van der Waals surface area contributed by atoms with Crippen LogP contribution in [-0.2, 0) is 6.42 Å². The Balaban J connectivity index is 2.51. The lowest BCUT2D eigenvalue weighted by Gasteiger charge is -2.05. The standard InChI is InChI=1S/C13H17F/c1-3-4-5-11(2)10-12-6-8-13(14)9-7-12/h4-9,11H,3,10H2,1-2H3/b5-4-. The van der Waals surface area contributed by atoms with E-state index in [1.54, 1.807) is 0 Å². The molecule has 1 atom stereocenters. The molecule has 0 radical (unpaired) electrons. The fraction of sp³-hybridized carbons (Fsp3) is 0.385. The van der Waals surface area contributed by atoms with Crippen molar-refractivity contribution < 1.29 is 4.39 Å². The van der Waals surface area contributed by atoms with Crippen LogP contribution in [0.4, 0.5) is 4.39 Å². The molecule has 0 spiro atoms. The highest BCUT2D eigenvalue weighted by atomic mass is 19.1. The highest BCUT2D eigenvalue weighted by Crippen LogP contribution is 2.10. The number of rotatable bonds is 4. The van der Waals surface area contributed by atoms with Crippen molar-refractivity contribution in [1.29, 1.82) is 0 Å². The molecular formula is C13H17F. The Labute approximate surface area is 85.5 Å². The van der Waals surface area contributed by atoms with Gasteiger partial charge in [0.2, 0.25) is 0 Å². The zero-order valence-electron chi connectivity index (χ0n) is 8.83. The molecule has 14 heavy (non-hydrogen) atoms. The van der Waals surface area contributed by atoms with E-state index in [9.17, 15) is 4.39 Å². The fourth-order valence-electron chi connectivity index (χ4n) is 1.43. The lowest BCUT2D eigenvalue weighted by atomic mass is 10.0. The molecule has 0 saturated carbocycles. The van der Waals surface area contributed by atoms with Crippen LogP contribution in [0.1, 0.15) is 25.8 Å². The first-order valence-corrected chi connectivity index (χ1v) is 5.13. The second kappa shape index (κ2) is 5.58. The molecule has 0 N–H and O–H groups in total. The summed E-state index contributed by atoms with van der Waals surface area (Å²) in [4.78, 5) is 0. The minimum atomic E-state index is -0.162. The second-order valence-electron chi connectivity index (χ2n) is 3.64. The molecule has 0 aromatic heterocycles. The van der Waals surface area contributed by atoms with Crippen LogP contribution in [-0.4, -0.2) is 0 Å². The van der Waals surface area contributed by atoms with Gasteiger partial charge in [-0.1, -0.05) is 38.1 Å². The van der Waals surface area contributed by atoms with Gasteiger partial charge in [0.25, 0.3) is 0 Å². The number of halogens is 1. The van der Waals surface area contributed by atoms with Crippen molar-refractivity contribution in [2.75, 3.05) is 0 Å². The Morgan fingerprint density at radius 1 is 1.29 bits per heavy atom. The van der Waals surface area contributed by atoms with Crippen molar-refractivity contribution in [3.05, 3.63) is 47.8 Å². The smallest absolute Gasteiger partial charge is 0.123 e. The van der Waals surface area contributed by atoms with E-state index in [0.29, 0.717) is 5.92 Å². The van der Waals surface area contributed by atoms with E-state index in [1.807, 2.05) is 12.1 Å². The van der Waals surface area contributed by atoms with Crippen LogP contribution in [0, 0.1) is 11.7 Å². The third-order valence-corrected chi connectivity index (χ3v) is 2.17. The third kappa shape index (κ3) is 3.73. The van der Waals surface area contributed by atoms with E-state index >= 15 is 0 Å². The normalized spacial score (nSPS) is 13.4. The monoisotopic (exact) mass is 192 g/mol. The summed E-state index contributed by atoms with van der Waals surface area (Å²) in [6.07, 6.45) is 6.45. The van der Waals surface area contributed by atoms with Gasteiger partial charge in [0.15, 0.2) is 0 Å². The van der Waals surface area contributed by atoms with Gasteiger partial charge in [-0.15, -0.1) is 0 Å². The summed E-state index contributed by atoms with van der Waals surface area (Å²) in [5.41, 5.74) is 1.19. The Hall–Kier alpha value is -1.11. The minimum Gasteiger partial charge on any atom is -0.207 e. The van der Waals surface area contributed by atoms with E-state index in [1.165, 1.54) is 17.7 Å². The van der Waals surface area contributed by atoms with Crippen molar-refractivity contribution in [3.8, 4) is 0 Å². The number of allylic oxidation sites excluding steroid dienone is 2. The Kier molecular flexibility index (Phi) is 4.37. The maximum Gasteiger partial charge on any atom is 0.123 e. The van der Waals surface area contributed by atoms with Crippen molar-refractivity contribution >= 4 is 0 Å². The summed E-state index contributed by atoms with van der Waals surface area (Å²) in [7, 11) is 0. The fourth-order valence-corrected chi connectivity index (χ4v) is 1.43. The molecule has 0 fully saturated rings. The van der Waals surface area contributed by atoms with Gasteiger partial charge in [-0.3, -0.25) is 0 Å². The maximum atomic E-state index is 12.6. The summed E-state index contributed by atoms with van der Waals surface area (Å²) >= 11 is 0. The summed E-state index contributed by atoms with van der Waals surface area (Å²) in [5.74, 6) is 0.367. The van der Waals surface area contributed by atoms with Crippen LogP contribution in [0.3, 0.4) is 0 Å². The third-order valence-electron chi connectivity index (χ3n) is 2.17. The van der Waals surface area contributed by atoms with Crippen LogP contribution in [0.2, 0.25) is 0 Å². The zero-order valence-corrected chi connectivity index (χ0v) is 8.83. The van der Waals surface area contributed by atoms with Crippen molar-refractivity contribution in [2.45, 2.75) is 26.7 Å². The Morgan fingerprint density at radius 3 is 2.50 bits per heavy atom. The first-order chi connectivity index (χ1) is 6.72. The molecule has 0 bridgehead atoms. The second-order valence-corrected chi connectivity index (χ2v) is 3.64. The molecule has 76 valence electrons. The largest absolute Gasteiger partial charge is 0.207 e. The summed E-state index contributed by atoms with van der Waals surface area (Å²) < 4.78 is 12.6. The molecule has 0 amide bonds. The van der Waals surface area contributed by atoms with Crippen LogP contribution in [0.25, 0.3) is 0 Å². The number of hydrogen-bond acceptors (Lipinski definition) is 0. The van der Waals surface area contributed by atoms with E-state index < -0.39 is 0 Å². The molecule has 1 unspecified atom stereocenters. The van der Waals surface area contributed by atoms with Gasteiger partial charge in [-0.25, -0.2) is 4.39 Å². The van der Waals surface area contributed by atoms with Crippen molar-refractivity contribution in [1.82, 2.24) is 0 Å². The van der Waals surface area contributed by atoms with Gasteiger partial charge in [0, 0.05) is 0 Å². The van der Waals surface area contributed by atoms with Crippen molar-refractivity contribution in [2.24, 2.45) is 5.92 Å². The van der Waals surface area contributed by atoms with E-state index in [0.717, 1.165) is 12.8 Å². The van der Waals surface area contributed by atoms with Gasteiger partial charge < -0.3 is 0 Å². The quantitative estimate of drug-likeness (QED) is 0.633. The first-order valence-electron chi connectivity index (χ1n) is 5.13. The van der Waals surface area contributed by atoms with Crippen LogP contribution in [0.15, 0.2) is 36.4 Å². The Morgan fingerprint density at radius 2 is 1.93 bits per heavy atom. The lowest BCUT2D eigenvalue weighted by Crippen LogP contribution is -1.95. The van der Waals surface area contributed by atoms with Crippen LogP contribution >= 0.6 is 0 Å². The molecule has 0 aliphatic carbocycles. The van der Waals surface area contributed by atoms with Gasteiger partial charge in [-0.2, -0.15) is 0 Å². The molecule has 0 aliphatic rings. The van der Waals surface area contributed by atoms with E-state index in [4.69, 9.17) is 0 Å². The molecule has 1 aromatic carbocycles. The van der Waals surface area contributed by atoms with Crippen LogP contribution < -0.4 is 0 Å². The van der Waals surface area contributed by atoms with Gasteiger partial charge in [-0.05, 0) is 36.5 Å². The zero-order chi connectivity index (χ0) is 10.4. The van der Waals surface area contributed by atoms with Gasteiger partial charge in [0.05, 0.1) is 0 Å². The predicted octanol–water partition coefficient (Wildman–Crippen LogP) is 3.97. The minimum absolute atomic E-state index is 0.162. The number of benzene rings is 1. The molecule has 0 aliphatic heterocycles. The highest BCUT2D eigenvalue weighted by Gasteiger charge is 1.99. The SMILES string of the molecule is CC/C=C\C(C)Cc1ccc(F)cc1. The topological polar surface area (TPSA) is 0 Å². The maximum absolute atomic E-state index is 12.6. The van der Waals surface area contributed by atoms with Gasteiger partial charge in [0.1, 0.15) is 5.82 Å². The molecule has 0 nitrogen and oxygen atoms in total. The Bertz CT molecular complexity index is 285. The average Bonchev–Trinajstić information content (AvgIpc) is 2.18. The molecule has 0 saturated heterocycles. The molecular weight excluding hydrogens is 175 g/mol. The lowest BCUT2D eigenvalue weighted by molar-refractivity contribution is 0.625. The molecule has 1 rings (SSSR count). The predicted molar refractivity (Wildman–Crippen MR) is 58.7 cm³/mol. The van der Waals surface area contributed by atoms with Gasteiger partial charge >= 0.3 is 0 Å². The van der Waals surface area contributed by atoms with E-state index in [2.05, 4.69) is 26.0 Å². The number of hydrogen-bond donors (Lipinski definition) is 0. The average molecular weight is 192 g/mol.